The monoisotopic (exact) mass is 616 g/mol. The van der Waals surface area contributed by atoms with Crippen LogP contribution in [0.3, 0.4) is 0 Å². The summed E-state index contributed by atoms with van der Waals surface area (Å²) >= 11 is 0. The van der Waals surface area contributed by atoms with E-state index in [1.807, 2.05) is 121 Å². The lowest BCUT2D eigenvalue weighted by Crippen LogP contribution is -2.45. The van der Waals surface area contributed by atoms with Gasteiger partial charge in [0.2, 0.25) is 11.8 Å². The van der Waals surface area contributed by atoms with Crippen LogP contribution in [0.4, 0.5) is 11.4 Å². The van der Waals surface area contributed by atoms with Gasteiger partial charge in [0.15, 0.2) is 5.78 Å². The molecular weight excluding hydrogens is 588 g/mol. The second-order valence-corrected chi connectivity index (χ2v) is 12.4. The molecule has 1 saturated heterocycles. The third-order valence-electron chi connectivity index (χ3n) is 10.2. The Morgan fingerprint density at radius 2 is 1.00 bits per heavy atom. The first-order chi connectivity index (χ1) is 22.8. The molecule has 2 aliphatic carbocycles. The Morgan fingerprint density at radius 1 is 0.596 bits per heavy atom. The molecular formula is C40H28N2O5. The van der Waals surface area contributed by atoms with E-state index in [9.17, 15) is 10.1 Å². The van der Waals surface area contributed by atoms with Crippen molar-refractivity contribution in [2.75, 3.05) is 4.90 Å². The molecule has 1 aliphatic heterocycles. The maximum atomic E-state index is 15.9. The van der Waals surface area contributed by atoms with E-state index in [2.05, 4.69) is 0 Å². The van der Waals surface area contributed by atoms with Gasteiger partial charge >= 0.3 is 0 Å². The molecule has 8 rings (SSSR count). The largest absolute Gasteiger partial charge is 0.297 e. The number of allylic oxidation sites excluding steroid dienone is 2. The number of hydrogen-bond acceptors (Lipinski definition) is 5. The molecule has 0 radical (unpaired) electrons. The minimum Gasteiger partial charge on any atom is -0.297 e. The van der Waals surface area contributed by atoms with Gasteiger partial charge in [-0.2, -0.15) is 0 Å². The molecule has 0 N–H and O–H groups in total. The van der Waals surface area contributed by atoms with Crippen molar-refractivity contribution in [3.63, 3.8) is 0 Å². The van der Waals surface area contributed by atoms with E-state index in [0.717, 1.165) is 16.0 Å². The van der Waals surface area contributed by atoms with Gasteiger partial charge in [-0.3, -0.25) is 24.5 Å². The average Bonchev–Trinajstić information content (AvgIpc) is 3.62. The highest BCUT2D eigenvalue weighted by atomic mass is 16.6. The molecule has 7 nitrogen and oxygen atoms in total. The minimum absolute atomic E-state index is 0.118. The van der Waals surface area contributed by atoms with E-state index in [1.54, 1.807) is 19.1 Å². The van der Waals surface area contributed by atoms with E-state index in [-0.39, 0.29) is 17.2 Å². The highest BCUT2D eigenvalue weighted by Gasteiger charge is 2.82. The smallest absolute Gasteiger partial charge is 0.274 e. The molecule has 3 aliphatic rings. The first-order valence-corrected chi connectivity index (χ1v) is 15.5. The molecule has 7 heteroatoms. The van der Waals surface area contributed by atoms with Crippen molar-refractivity contribution in [1.82, 2.24) is 0 Å². The fourth-order valence-electron chi connectivity index (χ4n) is 8.52. The molecule has 1 saturated carbocycles. The number of carbonyl (C=O) groups is 3. The third-order valence-corrected chi connectivity index (χ3v) is 10.2. The van der Waals surface area contributed by atoms with Gasteiger partial charge in [-0.05, 0) is 46.4 Å². The van der Waals surface area contributed by atoms with E-state index in [4.69, 9.17) is 0 Å². The number of imide groups is 1. The summed E-state index contributed by atoms with van der Waals surface area (Å²) in [6.45, 7) is 1.61. The van der Waals surface area contributed by atoms with Gasteiger partial charge in [-0.1, -0.05) is 127 Å². The van der Waals surface area contributed by atoms with Crippen molar-refractivity contribution < 1.29 is 19.3 Å². The standard InChI is InChI=1S/C40H28N2O5/c1-25-22-23-30(24-31(25)42(46)47)41-36(43)34-35(37(41)44)40(29-20-12-5-13-21-29)33(27-16-8-3-9-17-27)32(26-14-6-2-7-15-26)39(34,38(40)45)28-18-10-4-11-19-28/h2-24,34-35H,1H3/t34-,35-,39+,40+/m1/s1. The van der Waals surface area contributed by atoms with Crippen LogP contribution in [0, 0.1) is 28.9 Å². The van der Waals surface area contributed by atoms with Crippen LogP contribution in [0.5, 0.6) is 0 Å². The molecule has 2 bridgehead atoms. The number of rotatable bonds is 6. The zero-order chi connectivity index (χ0) is 32.5. The van der Waals surface area contributed by atoms with Gasteiger partial charge in [-0.15, -0.1) is 0 Å². The van der Waals surface area contributed by atoms with Crippen molar-refractivity contribution >= 4 is 40.1 Å². The molecule has 0 spiro atoms. The number of anilines is 1. The molecule has 228 valence electrons. The summed E-state index contributed by atoms with van der Waals surface area (Å²) in [7, 11) is 0. The SMILES string of the molecule is Cc1ccc(N2C(=O)[C@H]3[C@H](C2=O)[C@@]2(c4ccccc4)C(=O)[C@@]3(c3ccccc3)C(c3ccccc3)=C2c2ccccc2)cc1[N+](=O)[O-]. The van der Waals surface area contributed by atoms with Gasteiger partial charge < -0.3 is 0 Å². The van der Waals surface area contributed by atoms with Gasteiger partial charge in [0.1, 0.15) is 0 Å². The summed E-state index contributed by atoms with van der Waals surface area (Å²) in [4.78, 5) is 58.4. The first-order valence-electron chi connectivity index (χ1n) is 15.5. The lowest BCUT2D eigenvalue weighted by molar-refractivity contribution is -0.385. The Hall–Kier alpha value is -5.95. The van der Waals surface area contributed by atoms with E-state index >= 15 is 14.4 Å². The van der Waals surface area contributed by atoms with Gasteiger partial charge in [-0.25, -0.2) is 4.90 Å². The lowest BCUT2D eigenvalue weighted by atomic mass is 9.59. The van der Waals surface area contributed by atoms with Crippen LogP contribution in [-0.4, -0.2) is 22.5 Å². The minimum atomic E-state index is -1.54. The predicted octanol–water partition coefficient (Wildman–Crippen LogP) is 7.09. The normalized spacial score (nSPS) is 24.6. The molecule has 2 fully saturated rings. The summed E-state index contributed by atoms with van der Waals surface area (Å²) in [6, 6.07) is 42.2. The molecule has 5 aromatic rings. The van der Waals surface area contributed by atoms with Crippen LogP contribution in [-0.2, 0) is 25.2 Å². The van der Waals surface area contributed by atoms with Crippen LogP contribution in [0.15, 0.2) is 140 Å². The maximum absolute atomic E-state index is 15.9. The molecule has 5 aromatic carbocycles. The molecule has 4 atom stereocenters. The third kappa shape index (κ3) is 3.59. The zero-order valence-electron chi connectivity index (χ0n) is 25.4. The first kappa shape index (κ1) is 28.5. The van der Waals surface area contributed by atoms with Crippen LogP contribution in [0.25, 0.3) is 11.1 Å². The summed E-state index contributed by atoms with van der Waals surface area (Å²) in [5.41, 5.74) is 1.48. The van der Waals surface area contributed by atoms with Crippen molar-refractivity contribution in [2.24, 2.45) is 11.8 Å². The number of aryl methyl sites for hydroxylation is 1. The van der Waals surface area contributed by atoms with Crippen LogP contribution < -0.4 is 4.90 Å². The van der Waals surface area contributed by atoms with E-state index < -0.39 is 39.4 Å². The fraction of sp³-hybridized carbons (Fsp3) is 0.125. The van der Waals surface area contributed by atoms with E-state index in [0.29, 0.717) is 27.8 Å². The average molecular weight is 617 g/mol. The Kier molecular flexibility index (Phi) is 6.24. The maximum Gasteiger partial charge on any atom is 0.274 e. The van der Waals surface area contributed by atoms with Crippen LogP contribution in [0.2, 0.25) is 0 Å². The molecule has 2 amide bonds. The van der Waals surface area contributed by atoms with Crippen molar-refractivity contribution in [3.05, 3.63) is 177 Å². The quantitative estimate of drug-likeness (QED) is 0.115. The number of nitro groups is 1. The number of benzene rings is 5. The summed E-state index contributed by atoms with van der Waals surface area (Å²) < 4.78 is 0. The molecule has 0 aromatic heterocycles. The van der Waals surface area contributed by atoms with Crippen molar-refractivity contribution in [2.45, 2.75) is 17.8 Å². The van der Waals surface area contributed by atoms with Gasteiger partial charge in [0.05, 0.1) is 33.3 Å². The fourth-order valence-corrected chi connectivity index (χ4v) is 8.52. The van der Waals surface area contributed by atoms with Crippen LogP contribution >= 0.6 is 0 Å². The Bertz CT molecular complexity index is 2030. The number of fused-ring (bicyclic) bond motifs is 5. The number of carbonyl (C=O) groups excluding carboxylic acids is 3. The number of Topliss-reactive ketones (excluding diaryl/α,β-unsaturated/α-hetero) is 1. The van der Waals surface area contributed by atoms with Gasteiger partial charge in [0.25, 0.3) is 5.69 Å². The predicted molar refractivity (Wildman–Crippen MR) is 178 cm³/mol. The van der Waals surface area contributed by atoms with Crippen molar-refractivity contribution in [3.8, 4) is 0 Å². The number of nitro benzene ring substituents is 1. The zero-order valence-corrected chi connectivity index (χ0v) is 25.4. The summed E-state index contributed by atoms with van der Waals surface area (Å²) in [5, 5.41) is 11.9. The Labute approximate surface area is 270 Å². The molecule has 47 heavy (non-hydrogen) atoms. The highest BCUT2D eigenvalue weighted by molar-refractivity contribution is 6.39. The summed E-state index contributed by atoms with van der Waals surface area (Å²) in [5.74, 6) is -3.52. The number of hydrogen-bond donors (Lipinski definition) is 0. The highest BCUT2D eigenvalue weighted by Crippen LogP contribution is 2.74. The Morgan fingerprint density at radius 3 is 1.40 bits per heavy atom. The summed E-state index contributed by atoms with van der Waals surface area (Å²) in [6.07, 6.45) is 0. The number of amides is 2. The van der Waals surface area contributed by atoms with E-state index in [1.165, 1.54) is 6.07 Å². The molecule has 0 unspecified atom stereocenters. The topological polar surface area (TPSA) is 97.6 Å². The Balaban J connectivity index is 1.53. The second-order valence-electron chi connectivity index (χ2n) is 12.4. The van der Waals surface area contributed by atoms with Crippen LogP contribution in [0.1, 0.15) is 27.8 Å². The number of ketones is 1. The second kappa shape index (κ2) is 10.3. The number of nitrogens with zero attached hydrogens (tertiary/aromatic N) is 2. The lowest BCUT2D eigenvalue weighted by Gasteiger charge is -2.39. The van der Waals surface area contributed by atoms with Crippen molar-refractivity contribution in [1.29, 1.82) is 0 Å². The molecule has 1 heterocycles. The van der Waals surface area contributed by atoms with Gasteiger partial charge in [0, 0.05) is 11.6 Å².